The summed E-state index contributed by atoms with van der Waals surface area (Å²) in [5.41, 5.74) is 2.31. The summed E-state index contributed by atoms with van der Waals surface area (Å²) in [5.74, 6) is 0.387. The van der Waals surface area contributed by atoms with Crippen LogP contribution in [-0.2, 0) is 6.18 Å². The van der Waals surface area contributed by atoms with Gasteiger partial charge in [0.1, 0.15) is 11.5 Å². The van der Waals surface area contributed by atoms with Crippen LogP contribution in [-0.4, -0.2) is 23.1 Å². The number of nitrogens with zero attached hydrogens (tertiary/aromatic N) is 3. The van der Waals surface area contributed by atoms with Crippen molar-refractivity contribution in [2.45, 2.75) is 25.9 Å². The Morgan fingerprint density at radius 3 is 2.38 bits per heavy atom. The Morgan fingerprint density at radius 1 is 1.00 bits per heavy atom. The molecule has 1 fully saturated rings. The molecule has 0 spiro atoms. The molecule has 1 aliphatic rings. The highest BCUT2D eigenvalue weighted by Gasteiger charge is 2.33. The maximum absolute atomic E-state index is 12.8. The van der Waals surface area contributed by atoms with Gasteiger partial charge in [0.05, 0.1) is 5.69 Å². The van der Waals surface area contributed by atoms with Crippen molar-refractivity contribution < 1.29 is 13.2 Å². The smallest absolute Gasteiger partial charge is 0.356 e. The van der Waals surface area contributed by atoms with Crippen LogP contribution in [0.15, 0.2) is 42.0 Å². The summed E-state index contributed by atoms with van der Waals surface area (Å²) in [5, 5.41) is 0. The van der Waals surface area contributed by atoms with E-state index in [4.69, 9.17) is 0 Å². The first kappa shape index (κ1) is 16.5. The molecule has 0 saturated carbocycles. The van der Waals surface area contributed by atoms with Crippen LogP contribution in [0.5, 0.6) is 0 Å². The summed E-state index contributed by atoms with van der Waals surface area (Å²) in [4.78, 5) is 10.1. The zero-order valence-corrected chi connectivity index (χ0v) is 13.3. The number of halogens is 3. The predicted octanol–water partition coefficient (Wildman–Crippen LogP) is 4.49. The first-order valence-electron chi connectivity index (χ1n) is 7.84. The largest absolute Gasteiger partial charge is 0.433 e. The predicted molar refractivity (Wildman–Crippen MR) is 87.6 cm³/mol. The molecule has 0 N–H and O–H groups in total. The minimum Gasteiger partial charge on any atom is -0.356 e. The van der Waals surface area contributed by atoms with E-state index in [1.807, 2.05) is 30.0 Å². The Morgan fingerprint density at radius 2 is 1.71 bits per heavy atom. The van der Waals surface area contributed by atoms with Crippen LogP contribution in [0.2, 0.25) is 0 Å². The third kappa shape index (κ3) is 3.93. The highest BCUT2D eigenvalue weighted by molar-refractivity contribution is 5.51. The van der Waals surface area contributed by atoms with E-state index in [0.29, 0.717) is 18.9 Å². The molecule has 3 rings (SSSR count). The van der Waals surface area contributed by atoms with Crippen LogP contribution in [0.1, 0.15) is 29.9 Å². The maximum Gasteiger partial charge on any atom is 0.433 e. The van der Waals surface area contributed by atoms with Crippen molar-refractivity contribution in [2.24, 2.45) is 0 Å². The van der Waals surface area contributed by atoms with Gasteiger partial charge in [-0.25, -0.2) is 4.98 Å². The van der Waals surface area contributed by atoms with Gasteiger partial charge in [0, 0.05) is 18.8 Å². The fourth-order valence-electron chi connectivity index (χ4n) is 2.78. The second-order valence-corrected chi connectivity index (χ2v) is 5.87. The Labute approximate surface area is 138 Å². The molecule has 2 aromatic heterocycles. The van der Waals surface area contributed by atoms with Gasteiger partial charge in [0.15, 0.2) is 0 Å². The second kappa shape index (κ2) is 6.63. The molecular weight excluding hydrogens is 315 g/mol. The number of aromatic nitrogens is 2. The first-order chi connectivity index (χ1) is 11.4. The van der Waals surface area contributed by atoms with Gasteiger partial charge in [0.2, 0.25) is 0 Å². The molecule has 0 aliphatic carbocycles. The summed E-state index contributed by atoms with van der Waals surface area (Å²) in [6.45, 7) is 3.27. The van der Waals surface area contributed by atoms with Gasteiger partial charge in [-0.2, -0.15) is 13.2 Å². The topological polar surface area (TPSA) is 29.0 Å². The average molecular weight is 333 g/mol. The third-order valence-electron chi connectivity index (χ3n) is 4.02. The van der Waals surface area contributed by atoms with Crippen molar-refractivity contribution in [2.75, 3.05) is 18.0 Å². The molecule has 0 bridgehead atoms. The molecule has 0 amide bonds. The Kier molecular flexibility index (Phi) is 4.55. The lowest BCUT2D eigenvalue weighted by Gasteiger charge is -2.29. The number of hydrogen-bond donors (Lipinski definition) is 0. The molecule has 0 atom stereocenters. The van der Waals surface area contributed by atoms with Gasteiger partial charge < -0.3 is 4.90 Å². The number of anilines is 1. The van der Waals surface area contributed by atoms with E-state index in [-0.39, 0.29) is 0 Å². The minimum absolute atomic E-state index is 0.387. The molecule has 3 heterocycles. The molecule has 0 aromatic carbocycles. The lowest BCUT2D eigenvalue weighted by molar-refractivity contribution is -0.141. The highest BCUT2D eigenvalue weighted by atomic mass is 19.4. The van der Waals surface area contributed by atoms with Crippen LogP contribution in [0.3, 0.4) is 0 Å². The Balaban J connectivity index is 1.69. The number of alkyl halides is 3. The number of aryl methyl sites for hydroxylation is 1. The second-order valence-electron chi connectivity index (χ2n) is 5.87. The normalized spacial score (nSPS) is 15.5. The van der Waals surface area contributed by atoms with E-state index in [0.717, 1.165) is 30.3 Å². The van der Waals surface area contributed by atoms with Crippen LogP contribution >= 0.6 is 0 Å². The fraction of sp³-hybridized carbons (Fsp3) is 0.333. The van der Waals surface area contributed by atoms with Crippen LogP contribution in [0.4, 0.5) is 19.0 Å². The van der Waals surface area contributed by atoms with Gasteiger partial charge >= 0.3 is 6.18 Å². The Bertz CT molecular complexity index is 743. The van der Waals surface area contributed by atoms with Gasteiger partial charge in [0.25, 0.3) is 0 Å². The SMILES string of the molecule is Cc1cccc(C=C2CCN(c3cccc(C(F)(F)F)n3)CC2)n1. The van der Waals surface area contributed by atoms with E-state index in [9.17, 15) is 13.2 Å². The zero-order chi connectivity index (χ0) is 17.2. The molecule has 2 aromatic rings. The van der Waals surface area contributed by atoms with Crippen molar-refractivity contribution >= 4 is 11.9 Å². The van der Waals surface area contributed by atoms with Crippen molar-refractivity contribution in [1.82, 2.24) is 9.97 Å². The molecule has 24 heavy (non-hydrogen) atoms. The van der Waals surface area contributed by atoms with E-state index in [1.165, 1.54) is 11.6 Å². The van der Waals surface area contributed by atoms with E-state index < -0.39 is 11.9 Å². The van der Waals surface area contributed by atoms with Crippen LogP contribution in [0.25, 0.3) is 6.08 Å². The monoisotopic (exact) mass is 333 g/mol. The highest BCUT2D eigenvalue weighted by Crippen LogP contribution is 2.30. The molecule has 0 radical (unpaired) electrons. The maximum atomic E-state index is 12.8. The molecule has 0 unspecified atom stereocenters. The standard InChI is InChI=1S/C18H18F3N3/c1-13-4-2-5-15(22-13)12-14-8-10-24(11-9-14)17-7-3-6-16(23-17)18(19,20)21/h2-7,12H,8-11H2,1H3. The fourth-order valence-corrected chi connectivity index (χ4v) is 2.78. The van der Waals surface area contributed by atoms with Crippen molar-refractivity contribution in [3.05, 3.63) is 59.1 Å². The Hall–Kier alpha value is -2.37. The lowest BCUT2D eigenvalue weighted by atomic mass is 10.0. The average Bonchev–Trinajstić information content (AvgIpc) is 2.55. The molecule has 1 aliphatic heterocycles. The summed E-state index contributed by atoms with van der Waals surface area (Å²) in [7, 11) is 0. The van der Waals surface area contributed by atoms with Crippen molar-refractivity contribution in [3.8, 4) is 0 Å². The van der Waals surface area contributed by atoms with E-state index >= 15 is 0 Å². The first-order valence-corrected chi connectivity index (χ1v) is 7.84. The van der Waals surface area contributed by atoms with Crippen molar-refractivity contribution in [3.63, 3.8) is 0 Å². The molecule has 1 saturated heterocycles. The molecule has 3 nitrogen and oxygen atoms in total. The van der Waals surface area contributed by atoms with Gasteiger partial charge in [-0.3, -0.25) is 4.98 Å². The number of hydrogen-bond acceptors (Lipinski definition) is 3. The van der Waals surface area contributed by atoms with Crippen molar-refractivity contribution in [1.29, 1.82) is 0 Å². The van der Waals surface area contributed by atoms with Gasteiger partial charge in [-0.05, 0) is 50.1 Å². The third-order valence-corrected chi connectivity index (χ3v) is 4.02. The van der Waals surface area contributed by atoms with Crippen LogP contribution < -0.4 is 4.90 Å². The van der Waals surface area contributed by atoms with E-state index in [1.54, 1.807) is 6.07 Å². The zero-order valence-electron chi connectivity index (χ0n) is 13.3. The number of piperidine rings is 1. The number of pyridine rings is 2. The van der Waals surface area contributed by atoms with Gasteiger partial charge in [-0.15, -0.1) is 0 Å². The molecular formula is C18H18F3N3. The lowest BCUT2D eigenvalue weighted by Crippen LogP contribution is -2.31. The summed E-state index contributed by atoms with van der Waals surface area (Å²) in [6, 6.07) is 9.92. The summed E-state index contributed by atoms with van der Waals surface area (Å²) in [6.07, 6.45) is -0.737. The van der Waals surface area contributed by atoms with Gasteiger partial charge in [-0.1, -0.05) is 17.7 Å². The molecule has 126 valence electrons. The summed E-state index contributed by atoms with van der Waals surface area (Å²) < 4.78 is 38.3. The minimum atomic E-state index is -4.41. The molecule has 6 heteroatoms. The summed E-state index contributed by atoms with van der Waals surface area (Å²) >= 11 is 0. The quantitative estimate of drug-likeness (QED) is 0.811. The van der Waals surface area contributed by atoms with Crippen LogP contribution in [0, 0.1) is 6.92 Å². The van der Waals surface area contributed by atoms with E-state index in [2.05, 4.69) is 16.0 Å². The number of rotatable bonds is 2.